The van der Waals surface area contributed by atoms with Crippen LogP contribution in [0.2, 0.25) is 0 Å². The third kappa shape index (κ3) is 3.64. The van der Waals surface area contributed by atoms with Crippen molar-refractivity contribution >= 4 is 22.8 Å². The second kappa shape index (κ2) is 8.72. The number of nitrogens with one attached hydrogen (secondary N) is 2. The van der Waals surface area contributed by atoms with Crippen LogP contribution in [0.4, 0.5) is 5.69 Å². The minimum absolute atomic E-state index is 0.0501. The average molecular weight is 485 g/mol. The van der Waals surface area contributed by atoms with E-state index in [-0.39, 0.29) is 11.9 Å². The third-order valence-corrected chi connectivity index (χ3v) is 7.14. The molecule has 0 saturated carbocycles. The van der Waals surface area contributed by atoms with E-state index in [1.807, 2.05) is 36.6 Å². The van der Waals surface area contributed by atoms with E-state index >= 15 is 0 Å². The molecule has 10 heteroatoms. The van der Waals surface area contributed by atoms with Gasteiger partial charge in [-0.1, -0.05) is 6.07 Å². The zero-order chi connectivity index (χ0) is 24.9. The SMILES string of the molecule is CCn1c(-c2cnc(C)nc2)nc2c(-c3ccc4c(c3)[C@](C)(NC3CCOCC3)C(=O)N4)ncnc21. The molecular weight excluding hydrogens is 456 g/mol. The summed E-state index contributed by atoms with van der Waals surface area (Å²) in [6.07, 6.45) is 6.89. The number of imidazole rings is 1. The van der Waals surface area contributed by atoms with E-state index < -0.39 is 5.54 Å². The molecule has 6 rings (SSSR count). The fraction of sp³-hybridized carbons (Fsp3) is 0.385. The van der Waals surface area contributed by atoms with Crippen LogP contribution in [0, 0.1) is 6.92 Å². The van der Waals surface area contributed by atoms with Crippen molar-refractivity contribution in [2.24, 2.45) is 0 Å². The summed E-state index contributed by atoms with van der Waals surface area (Å²) in [6, 6.07) is 6.18. The van der Waals surface area contributed by atoms with E-state index in [0.29, 0.717) is 31.1 Å². The van der Waals surface area contributed by atoms with Gasteiger partial charge in [-0.2, -0.15) is 0 Å². The van der Waals surface area contributed by atoms with Crippen LogP contribution in [0.25, 0.3) is 33.8 Å². The maximum atomic E-state index is 13.1. The summed E-state index contributed by atoms with van der Waals surface area (Å²) in [4.78, 5) is 35.9. The Morgan fingerprint density at radius 2 is 1.92 bits per heavy atom. The summed E-state index contributed by atoms with van der Waals surface area (Å²) >= 11 is 0. The predicted molar refractivity (Wildman–Crippen MR) is 135 cm³/mol. The molecule has 36 heavy (non-hydrogen) atoms. The first-order valence-corrected chi connectivity index (χ1v) is 12.3. The number of nitrogens with zero attached hydrogens (tertiary/aromatic N) is 6. The molecule has 2 aliphatic rings. The highest BCUT2D eigenvalue weighted by molar-refractivity contribution is 6.06. The first-order valence-electron chi connectivity index (χ1n) is 12.3. The normalized spacial score (nSPS) is 20.0. The number of carbonyl (C=O) groups is 1. The van der Waals surface area contributed by atoms with Gasteiger partial charge in [0, 0.05) is 55.0 Å². The van der Waals surface area contributed by atoms with Gasteiger partial charge in [0.2, 0.25) is 5.91 Å². The van der Waals surface area contributed by atoms with E-state index in [1.54, 1.807) is 18.7 Å². The van der Waals surface area contributed by atoms with E-state index in [2.05, 4.69) is 37.5 Å². The van der Waals surface area contributed by atoms with Gasteiger partial charge in [0.1, 0.15) is 34.7 Å². The summed E-state index contributed by atoms with van der Waals surface area (Å²) in [5.74, 6) is 1.40. The lowest BCUT2D eigenvalue weighted by molar-refractivity contribution is -0.122. The van der Waals surface area contributed by atoms with Gasteiger partial charge < -0.3 is 14.6 Å². The van der Waals surface area contributed by atoms with Crippen molar-refractivity contribution in [3.63, 3.8) is 0 Å². The Labute approximate surface area is 208 Å². The van der Waals surface area contributed by atoms with Crippen molar-refractivity contribution < 1.29 is 9.53 Å². The second-order valence-electron chi connectivity index (χ2n) is 9.46. The number of fused-ring (bicyclic) bond motifs is 2. The molecule has 1 fully saturated rings. The molecule has 1 saturated heterocycles. The van der Waals surface area contributed by atoms with Crippen LogP contribution in [0.5, 0.6) is 0 Å². The Kier molecular flexibility index (Phi) is 5.50. The first-order chi connectivity index (χ1) is 17.5. The fourth-order valence-corrected chi connectivity index (χ4v) is 5.15. The molecule has 0 spiro atoms. The van der Waals surface area contributed by atoms with Gasteiger partial charge in [0.15, 0.2) is 5.65 Å². The molecule has 1 aromatic carbocycles. The molecule has 0 aliphatic carbocycles. The number of anilines is 1. The van der Waals surface area contributed by atoms with Crippen LogP contribution in [0.1, 0.15) is 38.1 Å². The van der Waals surface area contributed by atoms with Gasteiger partial charge in [-0.05, 0) is 45.7 Å². The molecule has 1 atom stereocenters. The molecule has 0 unspecified atom stereocenters. The number of aryl methyl sites for hydroxylation is 2. The summed E-state index contributed by atoms with van der Waals surface area (Å²) < 4.78 is 7.54. The monoisotopic (exact) mass is 484 g/mol. The lowest BCUT2D eigenvalue weighted by Crippen LogP contribution is -2.51. The molecule has 184 valence electrons. The highest BCUT2D eigenvalue weighted by Crippen LogP contribution is 2.40. The molecule has 2 aliphatic heterocycles. The third-order valence-electron chi connectivity index (χ3n) is 7.14. The van der Waals surface area contributed by atoms with Crippen LogP contribution in [-0.4, -0.2) is 54.6 Å². The maximum Gasteiger partial charge on any atom is 0.249 e. The van der Waals surface area contributed by atoms with Crippen molar-refractivity contribution in [1.29, 1.82) is 0 Å². The van der Waals surface area contributed by atoms with E-state index in [4.69, 9.17) is 9.72 Å². The highest BCUT2D eigenvalue weighted by Gasteiger charge is 2.44. The standard InChI is InChI=1S/C26H28N8O2/c1-4-34-23(17-12-27-15(2)28-13-17)32-22-21(29-14-30-24(22)34)16-5-6-20-19(11-16)26(3,25(35)31-20)33-18-7-9-36-10-8-18/h5-6,11-14,18,33H,4,7-10H2,1-3H3,(H,31,35)/t26-/m0/s1. The van der Waals surface area contributed by atoms with E-state index in [9.17, 15) is 4.79 Å². The summed E-state index contributed by atoms with van der Waals surface area (Å²) in [5, 5.41) is 6.65. The number of rotatable bonds is 5. The van der Waals surface area contributed by atoms with Crippen molar-refractivity contribution in [3.05, 3.63) is 48.3 Å². The molecule has 2 N–H and O–H groups in total. The molecule has 1 amide bonds. The van der Waals surface area contributed by atoms with Crippen LogP contribution < -0.4 is 10.6 Å². The van der Waals surface area contributed by atoms with Crippen molar-refractivity contribution in [1.82, 2.24) is 34.8 Å². The molecule has 10 nitrogen and oxygen atoms in total. The summed E-state index contributed by atoms with van der Waals surface area (Å²) in [6.45, 7) is 7.96. The molecule has 4 aromatic rings. The molecular formula is C26H28N8O2. The smallest absolute Gasteiger partial charge is 0.249 e. The minimum atomic E-state index is -0.841. The average Bonchev–Trinajstić information content (AvgIpc) is 3.39. The zero-order valence-corrected chi connectivity index (χ0v) is 20.6. The maximum absolute atomic E-state index is 13.1. The van der Waals surface area contributed by atoms with Crippen molar-refractivity contribution in [2.45, 2.75) is 51.7 Å². The lowest BCUT2D eigenvalue weighted by Gasteiger charge is -2.32. The molecule has 0 radical (unpaired) electrons. The van der Waals surface area contributed by atoms with Crippen LogP contribution in [0.15, 0.2) is 36.9 Å². The summed E-state index contributed by atoms with van der Waals surface area (Å²) in [5.41, 5.74) is 4.75. The van der Waals surface area contributed by atoms with Gasteiger partial charge in [-0.15, -0.1) is 0 Å². The molecule has 5 heterocycles. The number of hydrogen-bond donors (Lipinski definition) is 2. The number of amides is 1. The van der Waals surface area contributed by atoms with Gasteiger partial charge in [0.25, 0.3) is 0 Å². The second-order valence-corrected chi connectivity index (χ2v) is 9.46. The Morgan fingerprint density at radius 3 is 2.67 bits per heavy atom. The quantitative estimate of drug-likeness (QED) is 0.443. The Morgan fingerprint density at radius 1 is 1.14 bits per heavy atom. The Balaban J connectivity index is 1.45. The molecule has 0 bridgehead atoms. The van der Waals surface area contributed by atoms with E-state index in [1.165, 1.54) is 0 Å². The van der Waals surface area contributed by atoms with Crippen LogP contribution >= 0.6 is 0 Å². The van der Waals surface area contributed by atoms with Gasteiger partial charge >= 0.3 is 0 Å². The van der Waals surface area contributed by atoms with Crippen molar-refractivity contribution in [2.75, 3.05) is 18.5 Å². The fourth-order valence-electron chi connectivity index (χ4n) is 5.15. The number of benzene rings is 1. The Bertz CT molecular complexity index is 1460. The van der Waals surface area contributed by atoms with Crippen molar-refractivity contribution in [3.8, 4) is 22.6 Å². The molecule has 3 aromatic heterocycles. The summed E-state index contributed by atoms with van der Waals surface area (Å²) in [7, 11) is 0. The first kappa shape index (κ1) is 22.7. The zero-order valence-electron chi connectivity index (χ0n) is 20.6. The number of carbonyl (C=O) groups excluding carboxylic acids is 1. The predicted octanol–water partition coefficient (Wildman–Crippen LogP) is 3.21. The highest BCUT2D eigenvalue weighted by atomic mass is 16.5. The van der Waals surface area contributed by atoms with Gasteiger partial charge in [0.05, 0.1) is 5.56 Å². The van der Waals surface area contributed by atoms with Gasteiger partial charge in [-0.25, -0.2) is 24.9 Å². The number of ether oxygens (including phenoxy) is 1. The largest absolute Gasteiger partial charge is 0.381 e. The van der Waals surface area contributed by atoms with Gasteiger partial charge in [-0.3, -0.25) is 10.1 Å². The van der Waals surface area contributed by atoms with Crippen LogP contribution in [0.3, 0.4) is 0 Å². The topological polar surface area (TPSA) is 120 Å². The minimum Gasteiger partial charge on any atom is -0.381 e. The van der Waals surface area contributed by atoms with Crippen LogP contribution in [-0.2, 0) is 21.6 Å². The lowest BCUT2D eigenvalue weighted by atomic mass is 9.89. The Hall–Kier alpha value is -3.76. The van der Waals surface area contributed by atoms with E-state index in [0.717, 1.165) is 52.4 Å². The number of aromatic nitrogens is 6. The number of hydrogen-bond acceptors (Lipinski definition) is 8.